The molecule has 2 aromatic heterocycles. The zero-order chi connectivity index (χ0) is 27.0. The summed E-state index contributed by atoms with van der Waals surface area (Å²) in [7, 11) is -1.06. The molecule has 12 heteroatoms. The molecule has 1 atom stereocenters. The minimum Gasteiger partial charge on any atom is -0.475 e. The van der Waals surface area contributed by atoms with Crippen molar-refractivity contribution in [2.45, 2.75) is 43.9 Å². The molecule has 202 valence electrons. The van der Waals surface area contributed by atoms with Crippen LogP contribution in [0, 0.1) is 0 Å². The lowest BCUT2D eigenvalue weighted by atomic mass is 9.82. The van der Waals surface area contributed by atoms with E-state index in [0.29, 0.717) is 59.9 Å². The molecule has 3 aromatic rings. The second-order valence-corrected chi connectivity index (χ2v) is 10.6. The third-order valence-corrected chi connectivity index (χ3v) is 7.39. The van der Waals surface area contributed by atoms with Crippen LogP contribution in [0.3, 0.4) is 0 Å². The summed E-state index contributed by atoms with van der Waals surface area (Å²) in [5, 5.41) is 27.0. The van der Waals surface area contributed by atoms with E-state index >= 15 is 0 Å². The topological polar surface area (TPSA) is 143 Å². The third kappa shape index (κ3) is 5.08. The Morgan fingerprint density at radius 1 is 1.10 bits per heavy atom. The van der Waals surface area contributed by atoms with E-state index in [1.54, 1.807) is 12.4 Å². The largest absolute Gasteiger partial charge is 0.495 e. The van der Waals surface area contributed by atoms with Crippen LogP contribution in [0.1, 0.15) is 49.6 Å². The van der Waals surface area contributed by atoms with Gasteiger partial charge in [0.1, 0.15) is 18.0 Å². The first-order valence-electron chi connectivity index (χ1n) is 13.1. The molecule has 0 radical (unpaired) electrons. The number of nitrogens with zero attached hydrogens (tertiary/aromatic N) is 4. The molecule has 5 heterocycles. The third-order valence-electron chi connectivity index (χ3n) is 7.39. The predicted octanol–water partition coefficient (Wildman–Crippen LogP) is 2.04. The molecule has 3 aliphatic heterocycles. The second kappa shape index (κ2) is 10.2. The molecule has 0 bridgehead atoms. The fraction of sp³-hybridized carbons (Fsp3) is 0.407. The lowest BCUT2D eigenvalue weighted by molar-refractivity contribution is 0.0442. The molecular formula is C27H31BN6O5. The van der Waals surface area contributed by atoms with Gasteiger partial charge >= 0.3 is 7.12 Å². The number of nitrogens with one attached hydrogen (secondary N) is 2. The van der Waals surface area contributed by atoms with E-state index < -0.39 is 12.7 Å². The van der Waals surface area contributed by atoms with Gasteiger partial charge in [0.15, 0.2) is 0 Å². The zero-order valence-electron chi connectivity index (χ0n) is 21.9. The summed E-state index contributed by atoms with van der Waals surface area (Å²) in [6.45, 7) is 5.40. The fourth-order valence-corrected chi connectivity index (χ4v) is 5.18. The zero-order valence-corrected chi connectivity index (χ0v) is 21.9. The number of aliphatic imine (C=N–C) groups is 1. The molecule has 0 saturated carbocycles. The number of rotatable bonds is 7. The molecule has 1 saturated heterocycles. The van der Waals surface area contributed by atoms with E-state index in [-0.39, 0.29) is 18.2 Å². The van der Waals surface area contributed by atoms with Crippen molar-refractivity contribution in [2.24, 2.45) is 4.99 Å². The molecule has 6 rings (SSSR count). The predicted molar refractivity (Wildman–Crippen MR) is 146 cm³/mol. The summed E-state index contributed by atoms with van der Waals surface area (Å²) in [5.74, 6) is 1.33. The Labute approximate surface area is 226 Å². The summed E-state index contributed by atoms with van der Waals surface area (Å²) >= 11 is 0. The molecular weight excluding hydrogens is 499 g/mol. The summed E-state index contributed by atoms with van der Waals surface area (Å²) in [6, 6.07) is 11.2. The molecule has 3 aliphatic rings. The number of aliphatic hydroxyl groups is 1. The first-order valence-corrected chi connectivity index (χ1v) is 13.1. The summed E-state index contributed by atoms with van der Waals surface area (Å²) in [4.78, 5) is 18.5. The highest BCUT2D eigenvalue weighted by Gasteiger charge is 2.43. The van der Waals surface area contributed by atoms with Crippen LogP contribution in [0.25, 0.3) is 0 Å². The Morgan fingerprint density at radius 3 is 2.67 bits per heavy atom. The van der Waals surface area contributed by atoms with Gasteiger partial charge in [-0.15, -0.1) is 0 Å². The maximum Gasteiger partial charge on any atom is 0.495 e. The van der Waals surface area contributed by atoms with Crippen molar-refractivity contribution in [2.75, 3.05) is 37.1 Å². The minimum absolute atomic E-state index is 0.117. The van der Waals surface area contributed by atoms with Crippen molar-refractivity contribution < 1.29 is 24.3 Å². The maximum absolute atomic E-state index is 10.2. The quantitative estimate of drug-likeness (QED) is 0.335. The summed E-state index contributed by atoms with van der Waals surface area (Å²) < 4.78 is 17.2. The van der Waals surface area contributed by atoms with Gasteiger partial charge in [-0.05, 0) is 32.3 Å². The molecule has 0 unspecified atom stereocenters. The van der Waals surface area contributed by atoms with Crippen molar-refractivity contribution in [1.29, 1.82) is 0 Å². The molecule has 4 N–H and O–H groups in total. The Hall–Kier alpha value is -3.58. The number of fused-ring (bicyclic) bond motifs is 1. The van der Waals surface area contributed by atoms with E-state index in [9.17, 15) is 10.1 Å². The number of hydrogen-bond acceptors (Lipinski definition) is 11. The van der Waals surface area contributed by atoms with E-state index in [4.69, 9.17) is 19.1 Å². The number of anilines is 3. The summed E-state index contributed by atoms with van der Waals surface area (Å²) in [6.07, 6.45) is 4.87. The Morgan fingerprint density at radius 2 is 1.90 bits per heavy atom. The van der Waals surface area contributed by atoms with Crippen LogP contribution in [-0.4, -0.2) is 70.1 Å². The molecule has 11 nitrogen and oxygen atoms in total. The van der Waals surface area contributed by atoms with Crippen molar-refractivity contribution in [3.05, 3.63) is 65.6 Å². The van der Waals surface area contributed by atoms with Crippen molar-refractivity contribution in [3.8, 4) is 0 Å². The van der Waals surface area contributed by atoms with Crippen LogP contribution in [0.15, 0.2) is 53.8 Å². The van der Waals surface area contributed by atoms with E-state index in [0.717, 1.165) is 18.4 Å². The molecule has 0 amide bonds. The van der Waals surface area contributed by atoms with Gasteiger partial charge in [0.25, 0.3) is 0 Å². The maximum atomic E-state index is 10.2. The lowest BCUT2D eigenvalue weighted by Crippen LogP contribution is -2.35. The number of hydrogen-bond donors (Lipinski definition) is 4. The van der Waals surface area contributed by atoms with Crippen molar-refractivity contribution in [3.63, 3.8) is 0 Å². The fourth-order valence-electron chi connectivity index (χ4n) is 5.18. The van der Waals surface area contributed by atoms with Crippen LogP contribution in [-0.2, 0) is 19.7 Å². The molecule has 1 fully saturated rings. The highest BCUT2D eigenvalue weighted by Crippen LogP contribution is 2.35. The van der Waals surface area contributed by atoms with Gasteiger partial charge in [-0.25, -0.2) is 19.9 Å². The average molecular weight is 530 g/mol. The van der Waals surface area contributed by atoms with Crippen LogP contribution < -0.4 is 16.1 Å². The van der Waals surface area contributed by atoms with Crippen LogP contribution in [0.4, 0.5) is 17.5 Å². The first-order chi connectivity index (χ1) is 18.9. The van der Waals surface area contributed by atoms with Crippen molar-refractivity contribution in [1.82, 2.24) is 15.0 Å². The highest BCUT2D eigenvalue weighted by molar-refractivity contribution is 6.61. The van der Waals surface area contributed by atoms with Gasteiger partial charge in [0, 0.05) is 37.1 Å². The lowest BCUT2D eigenvalue weighted by Gasteiger charge is -2.28. The van der Waals surface area contributed by atoms with Gasteiger partial charge in [-0.1, -0.05) is 30.3 Å². The number of benzene rings is 1. The monoisotopic (exact) mass is 530 g/mol. The number of pyridine rings is 1. The van der Waals surface area contributed by atoms with E-state index in [2.05, 4.69) is 25.6 Å². The van der Waals surface area contributed by atoms with Crippen LogP contribution >= 0.6 is 0 Å². The normalized spacial score (nSPS) is 19.8. The van der Waals surface area contributed by atoms with Gasteiger partial charge < -0.3 is 34.9 Å². The van der Waals surface area contributed by atoms with Crippen LogP contribution in [0.5, 0.6) is 0 Å². The molecule has 0 aliphatic carbocycles. The Balaban J connectivity index is 1.34. The first kappa shape index (κ1) is 25.7. The van der Waals surface area contributed by atoms with Gasteiger partial charge in [0.2, 0.25) is 11.8 Å². The smallest absolute Gasteiger partial charge is 0.475 e. The Bertz CT molecular complexity index is 1380. The van der Waals surface area contributed by atoms with E-state index in [1.807, 2.05) is 50.2 Å². The standard InChI is InChI=1S/C27H31BN6O5/c1-26(2)23-19(28(36)39-26)14-30-25(33-23)32-22-12-20(31-21(15-35)17-6-4-3-5-7-17)18(13-29-22)24-34-27(16-38-24)8-10-37-11-9-27/h3-7,12-14,21,35-36H,8-11,15-16H2,1-2H3,(H2,29,30,31,32,33)/t21-/m1/s1. The highest BCUT2D eigenvalue weighted by atomic mass is 16.5. The van der Waals surface area contributed by atoms with Crippen molar-refractivity contribution >= 4 is 35.9 Å². The SMILES string of the molecule is CC1(C)OB(O)c2cnc(Nc3cc(N[C@H](CO)c4ccccc4)c(C4=NC5(CCOCC5)CO4)cn3)nc21. The van der Waals surface area contributed by atoms with E-state index in [1.165, 1.54) is 0 Å². The molecule has 39 heavy (non-hydrogen) atoms. The minimum atomic E-state index is -1.06. The van der Waals surface area contributed by atoms with Gasteiger partial charge in [0.05, 0.1) is 35.2 Å². The Kier molecular flexibility index (Phi) is 6.71. The van der Waals surface area contributed by atoms with Gasteiger partial charge in [-0.3, -0.25) is 0 Å². The number of aromatic nitrogens is 3. The molecule has 1 aromatic carbocycles. The summed E-state index contributed by atoms with van der Waals surface area (Å²) in [5.41, 5.74) is 2.46. The molecule has 1 spiro atoms. The van der Waals surface area contributed by atoms with Gasteiger partial charge in [-0.2, -0.15) is 0 Å². The average Bonchev–Trinajstić information content (AvgIpc) is 3.44. The number of ether oxygens (including phenoxy) is 2. The second-order valence-electron chi connectivity index (χ2n) is 10.6. The number of aliphatic hydroxyl groups excluding tert-OH is 1. The van der Waals surface area contributed by atoms with Crippen LogP contribution in [0.2, 0.25) is 0 Å².